The Bertz CT molecular complexity index is 776. The number of benzene rings is 2. The van der Waals surface area contributed by atoms with Crippen LogP contribution in [0.4, 0.5) is 15.8 Å². The topological polar surface area (TPSA) is 81.4 Å². The van der Waals surface area contributed by atoms with E-state index in [9.17, 15) is 12.8 Å². The number of hydrogen-bond acceptors (Lipinski definition) is 4. The summed E-state index contributed by atoms with van der Waals surface area (Å²) < 4.78 is 45.5. The second kappa shape index (κ2) is 5.61. The standard InChI is InChI=1S/C14H15FN2O3S/c1-9-3-5-11(15)14(7-9)21(18,19)17-10-4-6-12(16)13(8-10)20-2/h3-8,17H,16H2,1-2H3. The molecular formula is C14H15FN2O3S. The number of rotatable bonds is 4. The Hall–Kier alpha value is -2.28. The van der Waals surface area contributed by atoms with Crippen molar-refractivity contribution >= 4 is 21.4 Å². The lowest BCUT2D eigenvalue weighted by Gasteiger charge is -2.11. The van der Waals surface area contributed by atoms with Crippen LogP contribution in [0.25, 0.3) is 0 Å². The van der Waals surface area contributed by atoms with Crippen molar-refractivity contribution in [3.05, 3.63) is 47.8 Å². The van der Waals surface area contributed by atoms with Gasteiger partial charge in [-0.2, -0.15) is 0 Å². The van der Waals surface area contributed by atoms with Crippen molar-refractivity contribution in [1.29, 1.82) is 0 Å². The first-order valence-corrected chi connectivity index (χ1v) is 7.54. The zero-order valence-electron chi connectivity index (χ0n) is 11.6. The number of methoxy groups -OCH3 is 1. The molecule has 0 aliphatic rings. The van der Waals surface area contributed by atoms with E-state index in [4.69, 9.17) is 10.5 Å². The van der Waals surface area contributed by atoms with Crippen molar-refractivity contribution < 1.29 is 17.5 Å². The Morgan fingerprint density at radius 1 is 1.19 bits per heavy atom. The van der Waals surface area contributed by atoms with Crippen molar-refractivity contribution in [1.82, 2.24) is 0 Å². The van der Waals surface area contributed by atoms with E-state index in [1.165, 1.54) is 37.4 Å². The first-order valence-electron chi connectivity index (χ1n) is 6.06. The van der Waals surface area contributed by atoms with Crippen LogP contribution in [0.5, 0.6) is 5.75 Å². The van der Waals surface area contributed by atoms with Crippen LogP contribution < -0.4 is 15.2 Å². The molecule has 0 radical (unpaired) electrons. The molecule has 0 aromatic heterocycles. The van der Waals surface area contributed by atoms with Crippen LogP contribution in [0.1, 0.15) is 5.56 Å². The Labute approximate surface area is 122 Å². The molecule has 0 bridgehead atoms. The molecule has 0 atom stereocenters. The summed E-state index contributed by atoms with van der Waals surface area (Å²) in [6.07, 6.45) is 0. The number of nitrogens with two attached hydrogens (primary N) is 1. The van der Waals surface area contributed by atoms with Crippen LogP contribution in [0.3, 0.4) is 0 Å². The van der Waals surface area contributed by atoms with E-state index in [-0.39, 0.29) is 5.69 Å². The number of halogens is 1. The van der Waals surface area contributed by atoms with Gasteiger partial charge in [0.1, 0.15) is 16.5 Å². The van der Waals surface area contributed by atoms with E-state index in [0.29, 0.717) is 17.0 Å². The summed E-state index contributed by atoms with van der Waals surface area (Å²) in [5, 5.41) is 0. The van der Waals surface area contributed by atoms with Crippen LogP contribution in [0.2, 0.25) is 0 Å². The minimum Gasteiger partial charge on any atom is -0.495 e. The fourth-order valence-corrected chi connectivity index (χ4v) is 3.01. The maximum Gasteiger partial charge on any atom is 0.264 e. The maximum atomic E-state index is 13.7. The fraction of sp³-hybridized carbons (Fsp3) is 0.143. The third-order valence-corrected chi connectivity index (χ3v) is 4.26. The monoisotopic (exact) mass is 310 g/mol. The van der Waals surface area contributed by atoms with Crippen LogP contribution in [-0.2, 0) is 10.0 Å². The molecular weight excluding hydrogens is 295 g/mol. The third-order valence-electron chi connectivity index (χ3n) is 2.86. The molecule has 0 saturated heterocycles. The van der Waals surface area contributed by atoms with Crippen LogP contribution in [-0.4, -0.2) is 15.5 Å². The minimum atomic E-state index is -4.03. The van der Waals surface area contributed by atoms with E-state index in [1.54, 1.807) is 6.92 Å². The summed E-state index contributed by atoms with van der Waals surface area (Å²) in [5.74, 6) is -0.476. The van der Waals surface area contributed by atoms with Gasteiger partial charge in [-0.3, -0.25) is 4.72 Å². The van der Waals surface area contributed by atoms with Crippen molar-refractivity contribution in [2.45, 2.75) is 11.8 Å². The molecule has 0 amide bonds. The molecule has 5 nitrogen and oxygen atoms in total. The molecule has 0 fully saturated rings. The van der Waals surface area contributed by atoms with Gasteiger partial charge >= 0.3 is 0 Å². The highest BCUT2D eigenvalue weighted by molar-refractivity contribution is 7.92. The molecule has 0 unspecified atom stereocenters. The molecule has 7 heteroatoms. The highest BCUT2D eigenvalue weighted by atomic mass is 32.2. The number of sulfonamides is 1. The molecule has 0 spiro atoms. The molecule has 0 aliphatic carbocycles. The van der Waals surface area contributed by atoms with Gasteiger partial charge in [0.2, 0.25) is 0 Å². The first-order chi connectivity index (χ1) is 9.83. The Kier molecular flexibility index (Phi) is 4.04. The summed E-state index contributed by atoms with van der Waals surface area (Å²) in [6.45, 7) is 1.69. The molecule has 2 rings (SSSR count). The van der Waals surface area contributed by atoms with Crippen LogP contribution in [0, 0.1) is 12.7 Å². The van der Waals surface area contributed by atoms with Crippen molar-refractivity contribution in [2.75, 3.05) is 17.6 Å². The number of nitrogens with one attached hydrogen (secondary N) is 1. The van der Waals surface area contributed by atoms with Gasteiger partial charge in [-0.15, -0.1) is 0 Å². The predicted molar refractivity (Wildman–Crippen MR) is 79.4 cm³/mol. The lowest BCUT2D eigenvalue weighted by Crippen LogP contribution is -2.15. The van der Waals surface area contributed by atoms with Gasteiger partial charge in [0.05, 0.1) is 18.5 Å². The number of ether oxygens (including phenoxy) is 1. The molecule has 0 heterocycles. The van der Waals surface area contributed by atoms with E-state index in [0.717, 1.165) is 6.07 Å². The fourth-order valence-electron chi connectivity index (χ4n) is 1.80. The lowest BCUT2D eigenvalue weighted by atomic mass is 10.2. The summed E-state index contributed by atoms with van der Waals surface area (Å²) >= 11 is 0. The Morgan fingerprint density at radius 2 is 1.90 bits per heavy atom. The van der Waals surface area contributed by atoms with E-state index < -0.39 is 20.7 Å². The smallest absolute Gasteiger partial charge is 0.264 e. The first kappa shape index (κ1) is 15.1. The SMILES string of the molecule is COc1cc(NS(=O)(=O)c2cc(C)ccc2F)ccc1N. The van der Waals surface area contributed by atoms with Crippen molar-refractivity contribution in [3.8, 4) is 5.75 Å². The van der Waals surface area contributed by atoms with Gasteiger partial charge in [0.25, 0.3) is 10.0 Å². The van der Waals surface area contributed by atoms with Gasteiger partial charge in [-0.1, -0.05) is 6.07 Å². The summed E-state index contributed by atoms with van der Waals surface area (Å²) in [6, 6.07) is 8.30. The van der Waals surface area contributed by atoms with Gasteiger partial charge in [0, 0.05) is 6.07 Å². The number of aryl methyl sites for hydroxylation is 1. The minimum absolute atomic E-state index is 0.238. The molecule has 2 aromatic rings. The number of hydrogen-bond donors (Lipinski definition) is 2. The zero-order chi connectivity index (χ0) is 15.6. The second-order valence-electron chi connectivity index (χ2n) is 4.50. The Morgan fingerprint density at radius 3 is 2.57 bits per heavy atom. The maximum absolute atomic E-state index is 13.7. The molecule has 3 N–H and O–H groups in total. The lowest BCUT2D eigenvalue weighted by molar-refractivity contribution is 0.417. The average molecular weight is 310 g/mol. The summed E-state index contributed by atoms with van der Waals surface area (Å²) in [5.41, 5.74) is 6.92. The molecule has 112 valence electrons. The average Bonchev–Trinajstić information content (AvgIpc) is 2.43. The van der Waals surface area contributed by atoms with E-state index in [2.05, 4.69) is 4.72 Å². The van der Waals surface area contributed by atoms with Gasteiger partial charge in [0.15, 0.2) is 0 Å². The van der Waals surface area contributed by atoms with Crippen LogP contribution >= 0.6 is 0 Å². The molecule has 21 heavy (non-hydrogen) atoms. The van der Waals surface area contributed by atoms with Gasteiger partial charge < -0.3 is 10.5 Å². The summed E-state index contributed by atoms with van der Waals surface area (Å²) in [7, 11) is -2.60. The third kappa shape index (κ3) is 3.25. The molecule has 0 aliphatic heterocycles. The van der Waals surface area contributed by atoms with Gasteiger partial charge in [-0.25, -0.2) is 12.8 Å². The van der Waals surface area contributed by atoms with Crippen molar-refractivity contribution in [2.24, 2.45) is 0 Å². The molecule has 2 aromatic carbocycles. The summed E-state index contributed by atoms with van der Waals surface area (Å²) in [4.78, 5) is -0.404. The van der Waals surface area contributed by atoms with Crippen molar-refractivity contribution in [3.63, 3.8) is 0 Å². The second-order valence-corrected chi connectivity index (χ2v) is 6.15. The Balaban J connectivity index is 2.40. The van der Waals surface area contributed by atoms with Crippen LogP contribution in [0.15, 0.2) is 41.3 Å². The number of nitrogen functional groups attached to an aromatic ring is 1. The largest absolute Gasteiger partial charge is 0.495 e. The molecule has 0 saturated carbocycles. The van der Waals surface area contributed by atoms with E-state index >= 15 is 0 Å². The highest BCUT2D eigenvalue weighted by Crippen LogP contribution is 2.27. The van der Waals surface area contributed by atoms with Gasteiger partial charge in [-0.05, 0) is 36.8 Å². The van der Waals surface area contributed by atoms with E-state index in [1.807, 2.05) is 0 Å². The highest BCUT2D eigenvalue weighted by Gasteiger charge is 2.19. The quantitative estimate of drug-likeness (QED) is 0.850. The number of anilines is 2. The normalized spacial score (nSPS) is 11.2. The predicted octanol–water partition coefficient (Wildman–Crippen LogP) is 2.53. The zero-order valence-corrected chi connectivity index (χ0v) is 12.4.